The van der Waals surface area contributed by atoms with Gasteiger partial charge in [-0.1, -0.05) is 42.5 Å². The van der Waals surface area contributed by atoms with E-state index in [2.05, 4.69) is 26.6 Å². The van der Waals surface area contributed by atoms with Gasteiger partial charge < -0.3 is 50.4 Å². The van der Waals surface area contributed by atoms with Gasteiger partial charge in [0.1, 0.15) is 12.1 Å². The minimum Gasteiger partial charge on any atom is -0.497 e. The van der Waals surface area contributed by atoms with Crippen LogP contribution in [0.5, 0.6) is 23.0 Å². The first-order valence-corrected chi connectivity index (χ1v) is 28.4. The third-order valence-electron chi connectivity index (χ3n) is 15.9. The van der Waals surface area contributed by atoms with Crippen molar-refractivity contribution in [3.05, 3.63) is 137 Å². The molecule has 0 aromatic heterocycles. The van der Waals surface area contributed by atoms with Crippen molar-refractivity contribution in [2.24, 2.45) is 4.99 Å². The van der Waals surface area contributed by atoms with Crippen LogP contribution >= 0.6 is 0 Å². The highest BCUT2D eigenvalue weighted by atomic mass is 16.5. The predicted molar refractivity (Wildman–Crippen MR) is 331 cm³/mol. The van der Waals surface area contributed by atoms with E-state index in [1.807, 2.05) is 90.9 Å². The number of hydrogen-bond acceptors (Lipinski definition) is 14. The summed E-state index contributed by atoms with van der Waals surface area (Å²) in [5, 5.41) is 12.1. The Hall–Kier alpha value is -9.27. The van der Waals surface area contributed by atoms with Crippen molar-refractivity contribution in [2.75, 3.05) is 54.3 Å². The molecule has 4 atom stereocenters. The third kappa shape index (κ3) is 12.4. The fourth-order valence-electron chi connectivity index (χ4n) is 11.2. The van der Waals surface area contributed by atoms with Gasteiger partial charge in [0.05, 0.1) is 59.6 Å². The standard InChI is InChI=1S/C60H65B4N9O12/c1-32(68-52(75)16-10-9-15-51(74)65-19-20-71-53(76)17-18-54(71)77)55(78)69-33(2)56(79)70-38-24-36(59(61,62)84-49-28-43-41(26-47(49)82-3)57(80)72-39(30-66-43)21-34-11-5-7-13-45(34)72)23-37(25-38)60(63,64)85-50-29-44-42(27-48(50)83-4)58(81)73-40(31-67-44)22-35-12-6-8-14-46(35)73/h5-8,11-14,17-18,23-30,32-33,39-40,67H,9-10,15-16,19-22,31,61-64H2,1-4H3,(H,65,74)(H,68,75)(H,69,78)(H,70,79)/t32-,33-,39-,40-/m0/s1. The molecule has 0 radical (unpaired) electrons. The number of aliphatic imine (C=N–C) groups is 1. The van der Waals surface area contributed by atoms with Crippen LogP contribution in [0, 0.1) is 0 Å². The van der Waals surface area contributed by atoms with Gasteiger partial charge in [0.15, 0.2) is 54.4 Å². The Balaban J connectivity index is 0.859. The Morgan fingerprint density at radius 3 is 1.88 bits per heavy atom. The highest BCUT2D eigenvalue weighted by Gasteiger charge is 2.40. The first kappa shape index (κ1) is 58.9. The van der Waals surface area contributed by atoms with Crippen molar-refractivity contribution < 1.29 is 57.3 Å². The third-order valence-corrected chi connectivity index (χ3v) is 15.9. The minimum atomic E-state index is -1.20. The van der Waals surface area contributed by atoms with E-state index in [0.29, 0.717) is 94.5 Å². The summed E-state index contributed by atoms with van der Waals surface area (Å²) in [6, 6.07) is 25.4. The molecule has 85 heavy (non-hydrogen) atoms. The molecule has 0 fully saturated rings. The number of nitrogens with zero attached hydrogens (tertiary/aromatic N) is 4. The molecule has 0 aliphatic carbocycles. The lowest BCUT2D eigenvalue weighted by Crippen LogP contribution is -2.50. The Morgan fingerprint density at radius 2 is 1.24 bits per heavy atom. The molecule has 0 spiro atoms. The zero-order chi connectivity index (χ0) is 60.5. The first-order chi connectivity index (χ1) is 40.6. The van der Waals surface area contributed by atoms with E-state index in [1.54, 1.807) is 47.5 Å². The second-order valence-corrected chi connectivity index (χ2v) is 22.7. The number of para-hydroxylation sites is 2. The lowest BCUT2D eigenvalue weighted by molar-refractivity contribution is -0.137. The van der Waals surface area contributed by atoms with Gasteiger partial charge in [-0.3, -0.25) is 53.1 Å². The van der Waals surface area contributed by atoms with Crippen LogP contribution in [0.3, 0.4) is 0 Å². The van der Waals surface area contributed by atoms with Crippen LogP contribution in [0.2, 0.25) is 0 Å². The summed E-state index contributed by atoms with van der Waals surface area (Å²) in [7, 11) is 10.4. The number of imide groups is 1. The highest BCUT2D eigenvalue weighted by Crippen LogP contribution is 2.45. The van der Waals surface area contributed by atoms with Crippen molar-refractivity contribution in [1.29, 1.82) is 0 Å². The molecule has 5 aliphatic rings. The number of carbonyl (C=O) groups is 8. The maximum Gasteiger partial charge on any atom is 0.261 e. The lowest BCUT2D eigenvalue weighted by Gasteiger charge is -2.33. The van der Waals surface area contributed by atoms with Crippen LogP contribution in [0.15, 0.2) is 108 Å². The zero-order valence-corrected chi connectivity index (χ0v) is 48.8. The minimum absolute atomic E-state index is 0.0358. The van der Waals surface area contributed by atoms with Gasteiger partial charge in [0.2, 0.25) is 23.6 Å². The summed E-state index contributed by atoms with van der Waals surface area (Å²) in [5.74, 6) is -1.89. The van der Waals surface area contributed by atoms with Crippen LogP contribution in [-0.4, -0.2) is 148 Å². The second-order valence-electron chi connectivity index (χ2n) is 22.7. The van der Waals surface area contributed by atoms with Gasteiger partial charge in [0, 0.05) is 86.5 Å². The van der Waals surface area contributed by atoms with E-state index in [1.165, 1.54) is 40.2 Å². The zero-order valence-electron chi connectivity index (χ0n) is 48.8. The predicted octanol–water partition coefficient (Wildman–Crippen LogP) is 1.45. The molecule has 0 saturated heterocycles. The van der Waals surface area contributed by atoms with E-state index in [-0.39, 0.29) is 55.7 Å². The molecular formula is C60H65B4N9O12. The first-order valence-electron chi connectivity index (χ1n) is 28.4. The van der Waals surface area contributed by atoms with Crippen LogP contribution in [0.4, 0.5) is 28.4 Å². The number of rotatable bonds is 21. The number of nitrogens with one attached hydrogen (secondary N) is 5. The normalized spacial score (nSPS) is 17.2. The lowest BCUT2D eigenvalue weighted by atomic mass is 9.57. The number of ether oxygens (including phenoxy) is 4. The fourth-order valence-corrected chi connectivity index (χ4v) is 11.2. The van der Waals surface area contributed by atoms with E-state index < -0.39 is 52.4 Å². The maximum atomic E-state index is 14.3. The Labute approximate surface area is 495 Å². The van der Waals surface area contributed by atoms with Crippen molar-refractivity contribution in [3.8, 4) is 23.0 Å². The quantitative estimate of drug-likeness (QED) is 0.0397. The van der Waals surface area contributed by atoms with Gasteiger partial charge in [-0.15, -0.1) is 0 Å². The maximum absolute atomic E-state index is 14.3. The van der Waals surface area contributed by atoms with Gasteiger partial charge in [-0.05, 0) is 91.8 Å². The number of fused-ring (bicyclic) bond motifs is 8. The number of amides is 8. The SMILES string of the molecule is BC(B)(Oc1cc2c(cc1OC)C(=O)N1c3ccccc3C[C@H]1C=N2)c1cc(NC(=O)[C@H](C)NC(=O)[C@H](C)NC(=O)CCCCC(=O)NCCN2C(=O)C=CC2=O)cc(C(B)(B)Oc2cc3c(cc2OC)C(=O)N2c4ccccc4C[C@H]2CN3)c1. The molecule has 21 nitrogen and oxygen atoms in total. The van der Waals surface area contributed by atoms with E-state index in [9.17, 15) is 38.4 Å². The van der Waals surface area contributed by atoms with Crippen molar-refractivity contribution in [3.63, 3.8) is 0 Å². The average Bonchev–Trinajstić information content (AvgIpc) is 1.94. The van der Waals surface area contributed by atoms with Crippen LogP contribution < -0.4 is 55.3 Å². The van der Waals surface area contributed by atoms with E-state index >= 15 is 0 Å². The van der Waals surface area contributed by atoms with E-state index in [4.69, 9.17) is 23.9 Å². The number of methoxy groups -OCH3 is 2. The van der Waals surface area contributed by atoms with E-state index in [0.717, 1.165) is 27.4 Å². The number of unbranched alkanes of at least 4 members (excludes halogenated alkanes) is 1. The Morgan fingerprint density at radius 1 is 0.671 bits per heavy atom. The van der Waals surface area contributed by atoms with Gasteiger partial charge >= 0.3 is 0 Å². The monoisotopic (exact) mass is 1150 g/mol. The summed E-state index contributed by atoms with van der Waals surface area (Å²) in [4.78, 5) is 114. The summed E-state index contributed by atoms with van der Waals surface area (Å²) in [6.07, 6.45) is 6.35. The molecule has 0 saturated carbocycles. The van der Waals surface area contributed by atoms with Gasteiger partial charge in [-0.25, -0.2) is 0 Å². The second kappa shape index (κ2) is 24.1. The summed E-state index contributed by atoms with van der Waals surface area (Å²) >= 11 is 0. The molecule has 434 valence electrons. The molecule has 25 heteroatoms. The Bertz CT molecular complexity index is 3620. The molecule has 5 N–H and O–H groups in total. The molecule has 10 rings (SSSR count). The van der Waals surface area contributed by atoms with Crippen molar-refractivity contribution >= 4 is 113 Å². The van der Waals surface area contributed by atoms with Gasteiger partial charge in [0.25, 0.3) is 23.6 Å². The molecule has 5 aromatic carbocycles. The summed E-state index contributed by atoms with van der Waals surface area (Å²) < 4.78 is 25.6. The molecule has 0 unspecified atom stereocenters. The molecule has 5 aliphatic heterocycles. The molecule has 8 amide bonds. The van der Waals surface area contributed by atoms with Gasteiger partial charge in [-0.2, -0.15) is 0 Å². The largest absolute Gasteiger partial charge is 0.497 e. The molecule has 5 aromatic rings. The average molecular weight is 1150 g/mol. The van der Waals surface area contributed by atoms with Crippen LogP contribution in [0.25, 0.3) is 0 Å². The molecular weight excluding hydrogens is 1080 g/mol. The summed E-state index contributed by atoms with van der Waals surface area (Å²) in [6.45, 7) is 3.67. The van der Waals surface area contributed by atoms with Crippen LogP contribution in [-0.2, 0) is 52.4 Å². The molecule has 0 bridgehead atoms. The topological polar surface area (TPSA) is 256 Å². The highest BCUT2D eigenvalue weighted by molar-refractivity contribution is 6.40. The van der Waals surface area contributed by atoms with Crippen molar-refractivity contribution in [2.45, 2.75) is 87.3 Å². The Kier molecular flexibility index (Phi) is 16.7. The smallest absolute Gasteiger partial charge is 0.261 e. The van der Waals surface area contributed by atoms with Crippen molar-refractivity contribution in [1.82, 2.24) is 20.9 Å². The number of benzene rings is 5. The molecule has 5 heterocycles. The number of hydrogen-bond donors (Lipinski definition) is 5. The number of carbonyl (C=O) groups excluding carboxylic acids is 8. The fraction of sp³-hybridized carbons (Fsp3) is 0.317. The summed E-state index contributed by atoms with van der Waals surface area (Å²) in [5.41, 5.74) is 7.11. The van der Waals surface area contributed by atoms with Crippen LogP contribution in [0.1, 0.15) is 82.5 Å². The number of anilines is 4.